The zero-order chi connectivity index (χ0) is 39.6. The minimum absolute atomic E-state index is 0.00354. The van der Waals surface area contributed by atoms with Gasteiger partial charge in [-0.05, 0) is 43.2 Å². The molecule has 0 amide bonds. The molecule has 3 aromatic rings. The Morgan fingerprint density at radius 1 is 0.464 bits per heavy atom. The van der Waals surface area contributed by atoms with Gasteiger partial charge >= 0.3 is 0 Å². The van der Waals surface area contributed by atoms with Crippen molar-refractivity contribution in [3.05, 3.63) is 90.5 Å². The molecule has 0 radical (unpaired) electrons. The molecule has 56 heavy (non-hydrogen) atoms. The number of imidazole rings is 1. The van der Waals surface area contributed by atoms with E-state index in [9.17, 15) is 0 Å². The number of hydrogen-bond donors (Lipinski definition) is 0. The van der Waals surface area contributed by atoms with Gasteiger partial charge in [-0.25, -0.2) is 9.13 Å². The van der Waals surface area contributed by atoms with E-state index in [1.54, 1.807) is 0 Å². The molecule has 2 aromatic carbocycles. The number of hydrogen-bond acceptors (Lipinski definition) is 0. The Morgan fingerprint density at radius 3 is 1.27 bits per heavy atom. The Balaban J connectivity index is 1.43. The van der Waals surface area contributed by atoms with E-state index in [0.29, 0.717) is 6.04 Å². The second kappa shape index (κ2) is 32.6. The maximum atomic E-state index is 2.60. The zero-order valence-electron chi connectivity index (χ0n) is 37.5. The van der Waals surface area contributed by atoms with E-state index < -0.39 is 0 Å². The van der Waals surface area contributed by atoms with Gasteiger partial charge in [-0.2, -0.15) is 0 Å². The number of nitrogens with zero attached hydrogens (tertiary/aromatic N) is 2. The van der Waals surface area contributed by atoms with Gasteiger partial charge in [0, 0.05) is 5.41 Å². The molecule has 1 heterocycles. The molecule has 0 N–H and O–H groups in total. The van der Waals surface area contributed by atoms with Crippen molar-refractivity contribution in [1.29, 1.82) is 0 Å². The summed E-state index contributed by atoms with van der Waals surface area (Å²) in [5, 5.41) is 0. The number of rotatable bonds is 38. The maximum absolute atomic E-state index is 2.60. The van der Waals surface area contributed by atoms with E-state index in [4.69, 9.17) is 0 Å². The van der Waals surface area contributed by atoms with Crippen molar-refractivity contribution in [2.24, 2.45) is 0 Å². The minimum Gasteiger partial charge on any atom is -0.237 e. The van der Waals surface area contributed by atoms with Crippen LogP contribution in [0.25, 0.3) is 0 Å². The molecule has 2 heteroatoms. The smallest absolute Gasteiger partial charge is 0.237 e. The van der Waals surface area contributed by atoms with Crippen molar-refractivity contribution >= 4 is 0 Å². The summed E-state index contributed by atoms with van der Waals surface area (Å²) >= 11 is 0. The molecule has 0 fully saturated rings. The molecule has 0 bridgehead atoms. The molecule has 0 saturated heterocycles. The fourth-order valence-corrected chi connectivity index (χ4v) is 9.33. The van der Waals surface area contributed by atoms with Crippen molar-refractivity contribution < 1.29 is 4.57 Å². The van der Waals surface area contributed by atoms with Crippen LogP contribution in [0.5, 0.6) is 0 Å². The predicted molar refractivity (Wildman–Crippen MR) is 247 cm³/mol. The Hall–Kier alpha value is -2.35. The number of benzene rings is 2. The molecule has 0 aliphatic heterocycles. The summed E-state index contributed by atoms with van der Waals surface area (Å²) in [6.07, 6.45) is 53.5. The highest BCUT2D eigenvalue weighted by molar-refractivity contribution is 5.31. The molecule has 0 aliphatic rings. The second-order valence-corrected chi connectivity index (χ2v) is 18.1. The monoisotopic (exact) mass is 768 g/mol. The number of aromatic nitrogens is 2. The van der Waals surface area contributed by atoms with Crippen molar-refractivity contribution in [3.63, 3.8) is 0 Å². The lowest BCUT2D eigenvalue weighted by atomic mass is 9.70. The summed E-state index contributed by atoms with van der Waals surface area (Å²) in [5.74, 6) is 0. The van der Waals surface area contributed by atoms with Crippen molar-refractivity contribution in [1.82, 2.24) is 4.57 Å². The van der Waals surface area contributed by atoms with E-state index in [-0.39, 0.29) is 5.41 Å². The first-order valence-corrected chi connectivity index (χ1v) is 24.8. The molecular weight excluding hydrogens is 677 g/mol. The third-order valence-electron chi connectivity index (χ3n) is 13.0. The highest BCUT2D eigenvalue weighted by atomic mass is 15.1. The standard InChI is InChI=1S/C54H91N2/c1-4-6-8-10-12-14-16-18-20-21-22-23-25-27-29-31-39-45-53(54(3,52-43-37-34-38-44-52)49-51-41-35-33-36-42-51)56-48-47-55(50-56)46-40-32-30-28-26-24-19-17-15-13-11-9-7-5-2/h33-38,41-44,47-48,50,53H,4-32,39-40,45-46,49H2,1-3H3/q+1. The van der Waals surface area contributed by atoms with Crippen LogP contribution in [0.15, 0.2) is 79.4 Å². The highest BCUT2D eigenvalue weighted by Gasteiger charge is 2.40. The fraction of sp³-hybridized carbons (Fsp3) is 0.722. The molecular formula is C54H91N2+. The van der Waals surface area contributed by atoms with Gasteiger partial charge in [-0.3, -0.25) is 0 Å². The van der Waals surface area contributed by atoms with Crippen LogP contribution in [-0.2, 0) is 18.4 Å². The Labute approximate surface area is 349 Å². The van der Waals surface area contributed by atoms with Crippen LogP contribution >= 0.6 is 0 Å². The normalized spacial score (nSPS) is 13.3. The maximum Gasteiger partial charge on any atom is 0.244 e. The van der Waals surface area contributed by atoms with E-state index in [1.807, 2.05) is 0 Å². The summed E-state index contributed by atoms with van der Waals surface area (Å²) in [5.41, 5.74) is 2.91. The molecule has 0 saturated carbocycles. The first-order chi connectivity index (χ1) is 27.7. The lowest BCUT2D eigenvalue weighted by Crippen LogP contribution is -2.38. The van der Waals surface area contributed by atoms with Crippen molar-refractivity contribution in [2.75, 3.05) is 0 Å². The minimum atomic E-state index is 0.00354. The first kappa shape index (κ1) is 48.0. The van der Waals surface area contributed by atoms with E-state index in [0.717, 1.165) is 13.0 Å². The Bertz CT molecular complexity index is 1260. The van der Waals surface area contributed by atoms with Crippen LogP contribution in [0.2, 0.25) is 0 Å². The number of aryl methyl sites for hydroxylation is 1. The van der Waals surface area contributed by atoms with Gasteiger partial charge in [0.15, 0.2) is 0 Å². The largest absolute Gasteiger partial charge is 0.244 e. The van der Waals surface area contributed by atoms with Gasteiger partial charge in [0.1, 0.15) is 18.4 Å². The van der Waals surface area contributed by atoms with E-state index in [1.165, 1.54) is 217 Å². The highest BCUT2D eigenvalue weighted by Crippen LogP contribution is 2.41. The van der Waals surface area contributed by atoms with E-state index in [2.05, 4.69) is 109 Å². The van der Waals surface area contributed by atoms with Crippen LogP contribution in [0.3, 0.4) is 0 Å². The lowest BCUT2D eigenvalue weighted by molar-refractivity contribution is -0.697. The van der Waals surface area contributed by atoms with Crippen LogP contribution < -0.4 is 4.57 Å². The average Bonchev–Trinajstić information content (AvgIpc) is 3.69. The molecule has 1 aromatic heterocycles. The fourth-order valence-electron chi connectivity index (χ4n) is 9.33. The molecule has 2 unspecified atom stereocenters. The molecule has 2 atom stereocenters. The molecule has 0 spiro atoms. The van der Waals surface area contributed by atoms with Crippen LogP contribution in [-0.4, -0.2) is 4.57 Å². The molecule has 316 valence electrons. The van der Waals surface area contributed by atoms with Gasteiger partial charge in [0.25, 0.3) is 0 Å². The SMILES string of the molecule is CCCCCCCCCCCCCCCCCCCC(n1cc[n+](CCCCCCCCCCCCCCCC)c1)C(C)(Cc1ccccc1)c1ccccc1. The third kappa shape index (κ3) is 21.4. The van der Waals surface area contributed by atoms with Gasteiger partial charge in [0.2, 0.25) is 6.33 Å². The molecule has 2 nitrogen and oxygen atoms in total. The number of unbranched alkanes of at least 4 members (excludes halogenated alkanes) is 29. The molecule has 3 rings (SSSR count). The Kier molecular flexibility index (Phi) is 27.9. The Morgan fingerprint density at radius 2 is 0.839 bits per heavy atom. The van der Waals surface area contributed by atoms with Crippen molar-refractivity contribution in [3.8, 4) is 0 Å². The van der Waals surface area contributed by atoms with Gasteiger partial charge in [0.05, 0.1) is 6.54 Å². The van der Waals surface area contributed by atoms with Crippen LogP contribution in [0.1, 0.15) is 243 Å². The molecule has 0 aliphatic carbocycles. The summed E-state index contributed by atoms with van der Waals surface area (Å²) in [7, 11) is 0. The summed E-state index contributed by atoms with van der Waals surface area (Å²) in [6, 6.07) is 23.1. The lowest BCUT2D eigenvalue weighted by Gasteiger charge is -2.37. The topological polar surface area (TPSA) is 8.81 Å². The quantitative estimate of drug-likeness (QED) is 0.0406. The summed E-state index contributed by atoms with van der Waals surface area (Å²) < 4.78 is 5.09. The van der Waals surface area contributed by atoms with Crippen LogP contribution in [0, 0.1) is 0 Å². The third-order valence-corrected chi connectivity index (χ3v) is 13.0. The van der Waals surface area contributed by atoms with Gasteiger partial charge in [-0.1, -0.05) is 261 Å². The van der Waals surface area contributed by atoms with Crippen molar-refractivity contribution in [2.45, 2.75) is 251 Å². The van der Waals surface area contributed by atoms with Gasteiger partial charge in [-0.15, -0.1) is 0 Å². The average molecular weight is 768 g/mol. The van der Waals surface area contributed by atoms with Crippen LogP contribution in [0.4, 0.5) is 0 Å². The predicted octanol–water partition coefficient (Wildman–Crippen LogP) is 17.0. The first-order valence-electron chi connectivity index (χ1n) is 24.8. The van der Waals surface area contributed by atoms with Gasteiger partial charge < -0.3 is 0 Å². The summed E-state index contributed by atoms with van der Waals surface area (Å²) in [6.45, 7) is 8.30. The van der Waals surface area contributed by atoms with E-state index >= 15 is 0 Å². The summed E-state index contributed by atoms with van der Waals surface area (Å²) in [4.78, 5) is 0. The zero-order valence-corrected chi connectivity index (χ0v) is 37.5. The second-order valence-electron chi connectivity index (χ2n) is 18.1.